The lowest BCUT2D eigenvalue weighted by Crippen LogP contribution is -2.53. The molecule has 4 fully saturated rings. The topological polar surface area (TPSA) is 34.9 Å². The van der Waals surface area contributed by atoms with Crippen molar-refractivity contribution in [1.29, 1.82) is 0 Å². The quantitative estimate of drug-likeness (QED) is 0.582. The highest BCUT2D eigenvalue weighted by Gasteiger charge is 2.60. The summed E-state index contributed by atoms with van der Waals surface area (Å²) in [6, 6.07) is 9.22. The molecule has 2 aromatic rings. The van der Waals surface area contributed by atoms with Crippen LogP contribution in [0.3, 0.4) is 0 Å². The van der Waals surface area contributed by atoms with Crippen molar-refractivity contribution in [3.8, 4) is 0 Å². The lowest BCUT2D eigenvalue weighted by atomic mass is 9.45. The minimum absolute atomic E-state index is 0.387. The largest absolute Gasteiger partial charge is 0.327 e. The SMILES string of the molecule is C[C@]12CCC(=O)CC1CCC1C2CC[C@@]2(C)C1CC[C@@H]2n1cnc2ccccc21. The van der Waals surface area contributed by atoms with Crippen LogP contribution in [0.15, 0.2) is 30.6 Å². The van der Waals surface area contributed by atoms with Gasteiger partial charge in [-0.2, -0.15) is 0 Å². The Bertz CT molecular complexity index is 963. The summed E-state index contributed by atoms with van der Waals surface area (Å²) in [5.41, 5.74) is 3.24. The second kappa shape index (κ2) is 6.18. The highest BCUT2D eigenvalue weighted by molar-refractivity contribution is 5.79. The first-order chi connectivity index (χ1) is 14.0. The third kappa shape index (κ3) is 2.42. The molecule has 0 saturated heterocycles. The van der Waals surface area contributed by atoms with E-state index in [0.717, 1.165) is 42.5 Å². The van der Waals surface area contributed by atoms with Gasteiger partial charge >= 0.3 is 0 Å². The molecule has 0 amide bonds. The van der Waals surface area contributed by atoms with Crippen LogP contribution in [-0.2, 0) is 4.79 Å². The zero-order chi connectivity index (χ0) is 19.8. The van der Waals surface area contributed by atoms with Gasteiger partial charge in [-0.05, 0) is 91.6 Å². The van der Waals surface area contributed by atoms with Crippen LogP contribution < -0.4 is 0 Å². The van der Waals surface area contributed by atoms with Crippen LogP contribution in [0.25, 0.3) is 11.0 Å². The standard InChI is InChI=1S/C26H34N2O/c1-25-13-11-18(29)15-17(25)7-8-19-20-9-10-24(26(20,2)14-12-21(19)25)28-16-27-22-5-3-4-6-23(22)28/h3-6,16-17,19-21,24H,7-15H2,1-2H3/t17?,19?,20?,21?,24-,25-,26-/m0/s1. The van der Waals surface area contributed by atoms with Crippen molar-refractivity contribution in [1.82, 2.24) is 9.55 Å². The van der Waals surface area contributed by atoms with E-state index in [1.807, 2.05) is 0 Å². The molecule has 4 saturated carbocycles. The Morgan fingerprint density at radius 3 is 2.69 bits per heavy atom. The van der Waals surface area contributed by atoms with Crippen LogP contribution in [0.4, 0.5) is 0 Å². The molecule has 154 valence electrons. The van der Waals surface area contributed by atoms with Gasteiger partial charge in [-0.15, -0.1) is 0 Å². The van der Waals surface area contributed by atoms with Gasteiger partial charge in [-0.1, -0.05) is 26.0 Å². The number of carbonyl (C=O) groups excluding carboxylic acids is 1. The van der Waals surface area contributed by atoms with E-state index in [-0.39, 0.29) is 0 Å². The van der Waals surface area contributed by atoms with E-state index in [2.05, 4.69) is 49.0 Å². The minimum Gasteiger partial charge on any atom is -0.327 e. The molecule has 4 aliphatic carbocycles. The summed E-state index contributed by atoms with van der Waals surface area (Å²) >= 11 is 0. The zero-order valence-electron chi connectivity index (χ0n) is 17.9. The Morgan fingerprint density at radius 2 is 1.79 bits per heavy atom. The van der Waals surface area contributed by atoms with Crippen LogP contribution in [-0.4, -0.2) is 15.3 Å². The predicted octanol–water partition coefficient (Wildman–Crippen LogP) is 6.19. The number of hydrogen-bond donors (Lipinski definition) is 0. The maximum Gasteiger partial charge on any atom is 0.133 e. The van der Waals surface area contributed by atoms with Crippen LogP contribution >= 0.6 is 0 Å². The number of imidazole rings is 1. The highest BCUT2D eigenvalue weighted by atomic mass is 16.1. The van der Waals surface area contributed by atoms with Crippen LogP contribution in [0.1, 0.15) is 77.7 Å². The number of nitrogens with zero attached hydrogens (tertiary/aromatic N) is 2. The first-order valence-corrected chi connectivity index (χ1v) is 11.9. The first-order valence-electron chi connectivity index (χ1n) is 11.9. The lowest BCUT2D eigenvalue weighted by Gasteiger charge is -2.60. The second-order valence-corrected chi connectivity index (χ2v) is 11.2. The second-order valence-electron chi connectivity index (χ2n) is 11.2. The first kappa shape index (κ1) is 18.2. The zero-order valence-corrected chi connectivity index (χ0v) is 17.9. The fourth-order valence-corrected chi connectivity index (χ4v) is 8.70. The summed E-state index contributed by atoms with van der Waals surface area (Å²) < 4.78 is 2.52. The van der Waals surface area contributed by atoms with Crippen LogP contribution in [0.2, 0.25) is 0 Å². The summed E-state index contributed by atoms with van der Waals surface area (Å²) in [5.74, 6) is 3.72. The maximum absolute atomic E-state index is 12.1. The third-order valence-electron chi connectivity index (χ3n) is 10.2. The molecule has 6 rings (SSSR count). The molecule has 1 aromatic carbocycles. The summed E-state index contributed by atoms with van der Waals surface area (Å²) in [7, 11) is 0. The van der Waals surface area contributed by atoms with Crippen molar-refractivity contribution in [3.05, 3.63) is 30.6 Å². The van der Waals surface area contributed by atoms with Crippen LogP contribution in [0.5, 0.6) is 0 Å². The number of Topliss-reactive ketones (excluding diaryl/α,β-unsaturated/α-hetero) is 1. The smallest absolute Gasteiger partial charge is 0.133 e. The highest BCUT2D eigenvalue weighted by Crippen LogP contribution is 2.68. The maximum atomic E-state index is 12.1. The van der Waals surface area contributed by atoms with Gasteiger partial charge in [0.15, 0.2) is 0 Å². The van der Waals surface area contributed by atoms with E-state index < -0.39 is 0 Å². The third-order valence-corrected chi connectivity index (χ3v) is 10.2. The molecule has 0 spiro atoms. The molecular formula is C26H34N2O. The molecular weight excluding hydrogens is 356 g/mol. The molecule has 0 N–H and O–H groups in total. The van der Waals surface area contributed by atoms with Gasteiger partial charge in [0.25, 0.3) is 0 Å². The van der Waals surface area contributed by atoms with Crippen molar-refractivity contribution in [2.24, 2.45) is 34.5 Å². The average molecular weight is 391 g/mol. The fourth-order valence-electron chi connectivity index (χ4n) is 8.70. The van der Waals surface area contributed by atoms with Gasteiger partial charge in [0.2, 0.25) is 0 Å². The Hall–Kier alpha value is -1.64. The van der Waals surface area contributed by atoms with Gasteiger partial charge in [-0.3, -0.25) is 4.79 Å². The van der Waals surface area contributed by atoms with Gasteiger partial charge in [0, 0.05) is 18.9 Å². The van der Waals surface area contributed by atoms with Gasteiger partial charge in [0.05, 0.1) is 17.4 Å². The number of benzene rings is 1. The average Bonchev–Trinajstić information content (AvgIpc) is 3.29. The number of carbonyl (C=O) groups is 1. The molecule has 3 heteroatoms. The number of rotatable bonds is 1. The number of ketones is 1. The van der Waals surface area contributed by atoms with E-state index in [1.165, 1.54) is 44.0 Å². The summed E-state index contributed by atoms with van der Waals surface area (Å²) in [5, 5.41) is 0. The molecule has 1 aromatic heterocycles. The predicted molar refractivity (Wildman–Crippen MR) is 116 cm³/mol. The van der Waals surface area contributed by atoms with Crippen molar-refractivity contribution < 1.29 is 4.79 Å². The van der Waals surface area contributed by atoms with Crippen molar-refractivity contribution >= 4 is 16.8 Å². The molecule has 0 bridgehead atoms. The summed E-state index contributed by atoms with van der Waals surface area (Å²) in [6.07, 6.45) is 13.0. The Balaban J connectivity index is 1.33. The number of para-hydroxylation sites is 2. The van der Waals surface area contributed by atoms with Gasteiger partial charge in [-0.25, -0.2) is 4.98 Å². The van der Waals surface area contributed by atoms with Crippen molar-refractivity contribution in [2.45, 2.75) is 77.7 Å². The number of fused-ring (bicyclic) bond motifs is 6. The van der Waals surface area contributed by atoms with E-state index in [4.69, 9.17) is 4.98 Å². The Morgan fingerprint density at radius 1 is 0.966 bits per heavy atom. The minimum atomic E-state index is 0.387. The molecule has 1 heterocycles. The normalized spacial score (nSPS) is 44.3. The molecule has 7 atom stereocenters. The molecule has 0 radical (unpaired) electrons. The molecule has 0 aliphatic heterocycles. The summed E-state index contributed by atoms with van der Waals surface area (Å²) in [4.78, 5) is 16.8. The van der Waals surface area contributed by atoms with Crippen molar-refractivity contribution in [3.63, 3.8) is 0 Å². The number of aromatic nitrogens is 2. The van der Waals surface area contributed by atoms with E-state index >= 15 is 0 Å². The lowest BCUT2D eigenvalue weighted by molar-refractivity contribution is -0.139. The number of hydrogen-bond acceptors (Lipinski definition) is 2. The summed E-state index contributed by atoms with van der Waals surface area (Å²) in [6.45, 7) is 5.15. The Kier molecular flexibility index (Phi) is 3.87. The van der Waals surface area contributed by atoms with Gasteiger partial charge < -0.3 is 4.57 Å². The molecule has 29 heavy (non-hydrogen) atoms. The monoisotopic (exact) mass is 390 g/mol. The molecule has 4 aliphatic rings. The van der Waals surface area contributed by atoms with Gasteiger partial charge in [0.1, 0.15) is 5.78 Å². The molecule has 4 unspecified atom stereocenters. The van der Waals surface area contributed by atoms with E-state index in [0.29, 0.717) is 28.6 Å². The molecule has 3 nitrogen and oxygen atoms in total. The fraction of sp³-hybridized carbons (Fsp3) is 0.692. The van der Waals surface area contributed by atoms with E-state index in [9.17, 15) is 4.79 Å². The van der Waals surface area contributed by atoms with E-state index in [1.54, 1.807) is 0 Å². The Labute approximate surface area is 174 Å². The van der Waals surface area contributed by atoms with Crippen molar-refractivity contribution in [2.75, 3.05) is 0 Å². The van der Waals surface area contributed by atoms with Crippen LogP contribution in [0, 0.1) is 34.5 Å².